The van der Waals surface area contributed by atoms with Crippen LogP contribution in [0.4, 0.5) is 0 Å². The Hall–Kier alpha value is -2.75. The summed E-state index contributed by atoms with van der Waals surface area (Å²) in [5.74, 6) is 0.643. The van der Waals surface area contributed by atoms with E-state index in [1.165, 1.54) is 43.4 Å². The first kappa shape index (κ1) is 20.5. The highest BCUT2D eigenvalue weighted by molar-refractivity contribution is 6.04. The van der Waals surface area contributed by atoms with Crippen molar-refractivity contribution in [2.45, 2.75) is 58.4 Å². The van der Waals surface area contributed by atoms with Crippen LogP contribution in [-0.2, 0) is 19.4 Å². The minimum Gasteiger partial charge on any atom is -0.497 e. The predicted molar refractivity (Wildman–Crippen MR) is 121 cm³/mol. The first-order valence-electron chi connectivity index (χ1n) is 11.1. The number of rotatable bonds is 7. The Bertz CT molecular complexity index is 1050. The van der Waals surface area contributed by atoms with Gasteiger partial charge in [0.25, 0.3) is 0 Å². The van der Waals surface area contributed by atoms with Crippen molar-refractivity contribution in [2.75, 3.05) is 7.11 Å². The second-order valence-electron chi connectivity index (χ2n) is 8.47. The zero-order valence-electron chi connectivity index (χ0n) is 18.0. The number of carbonyl (C=O) groups is 1. The molecule has 0 saturated heterocycles. The van der Waals surface area contributed by atoms with Gasteiger partial charge in [0.05, 0.1) is 18.2 Å². The van der Waals surface area contributed by atoms with Gasteiger partial charge < -0.3 is 14.4 Å². The summed E-state index contributed by atoms with van der Waals surface area (Å²) in [7, 11) is 1.68. The van der Waals surface area contributed by atoms with Gasteiger partial charge in [-0.15, -0.1) is 0 Å². The fourth-order valence-corrected chi connectivity index (χ4v) is 5.03. The molecule has 1 N–H and O–H groups in total. The molecule has 2 aromatic carbocycles. The number of nitrogens with zero attached hydrogens (tertiary/aromatic N) is 1. The van der Waals surface area contributed by atoms with Crippen molar-refractivity contribution < 1.29 is 14.6 Å². The minimum absolute atomic E-state index is 0.397. The quantitative estimate of drug-likeness (QED) is 0.485. The number of hydrogen-bond donors (Lipinski definition) is 1. The minimum atomic E-state index is -0.859. The summed E-state index contributed by atoms with van der Waals surface area (Å²) >= 11 is 0. The fourth-order valence-electron chi connectivity index (χ4n) is 5.03. The molecule has 1 atom stereocenters. The molecule has 0 bridgehead atoms. The number of methoxy groups -OCH3 is 1. The lowest BCUT2D eigenvalue weighted by atomic mass is 9.94. The molecule has 1 unspecified atom stereocenters. The highest BCUT2D eigenvalue weighted by atomic mass is 16.5. The highest BCUT2D eigenvalue weighted by Crippen LogP contribution is 2.37. The van der Waals surface area contributed by atoms with Gasteiger partial charge in [-0.1, -0.05) is 50.5 Å². The van der Waals surface area contributed by atoms with Crippen LogP contribution in [-0.4, -0.2) is 22.8 Å². The molecular formula is C26H31NO3. The predicted octanol–water partition coefficient (Wildman–Crippen LogP) is 6.08. The van der Waals surface area contributed by atoms with E-state index in [4.69, 9.17) is 4.74 Å². The number of carboxylic acid groups (broad SMARTS) is 1. The standard InChI is InChI=1S/C26H31NO3/c1-3-4-8-18-9-6-12-21-22-13-7-14-23(26(28)29)25(22)27(24(21)16-18)17-19-10-5-11-20(15-19)30-2/h5,7,10-11,13-15,18H,3-4,6,8-9,12,16-17H2,1-2H3,(H,28,29). The van der Waals surface area contributed by atoms with E-state index < -0.39 is 5.97 Å². The summed E-state index contributed by atoms with van der Waals surface area (Å²) in [6.07, 6.45) is 8.23. The van der Waals surface area contributed by atoms with E-state index in [1.54, 1.807) is 13.2 Å². The molecular weight excluding hydrogens is 374 g/mol. The molecule has 3 aromatic rings. The number of unbranched alkanes of at least 4 members (excludes halogenated alkanes) is 1. The smallest absolute Gasteiger partial charge is 0.337 e. The van der Waals surface area contributed by atoms with Gasteiger partial charge >= 0.3 is 5.97 Å². The van der Waals surface area contributed by atoms with E-state index in [9.17, 15) is 9.90 Å². The van der Waals surface area contributed by atoms with Crippen LogP contribution < -0.4 is 4.74 Å². The van der Waals surface area contributed by atoms with Crippen LogP contribution in [0.3, 0.4) is 0 Å². The maximum absolute atomic E-state index is 12.1. The van der Waals surface area contributed by atoms with E-state index >= 15 is 0 Å². The molecule has 1 aliphatic carbocycles. The fraction of sp³-hybridized carbons (Fsp3) is 0.423. The summed E-state index contributed by atoms with van der Waals surface area (Å²) in [5.41, 5.74) is 5.08. The summed E-state index contributed by atoms with van der Waals surface area (Å²) < 4.78 is 7.70. The molecule has 0 fully saturated rings. The lowest BCUT2D eigenvalue weighted by Gasteiger charge is -2.18. The van der Waals surface area contributed by atoms with Crippen molar-refractivity contribution >= 4 is 16.9 Å². The summed E-state index contributed by atoms with van der Waals surface area (Å²) in [4.78, 5) is 12.1. The van der Waals surface area contributed by atoms with E-state index in [-0.39, 0.29) is 0 Å². The maximum atomic E-state index is 12.1. The molecule has 0 spiro atoms. The average Bonchev–Trinajstić information content (AvgIpc) is 2.90. The van der Waals surface area contributed by atoms with Gasteiger partial charge in [-0.05, 0) is 60.9 Å². The van der Waals surface area contributed by atoms with Gasteiger partial charge in [0.1, 0.15) is 5.75 Å². The number of aromatic carboxylic acids is 1. The number of ether oxygens (including phenoxy) is 1. The number of para-hydroxylation sites is 1. The van der Waals surface area contributed by atoms with Crippen LogP contribution >= 0.6 is 0 Å². The third kappa shape index (κ3) is 3.96. The van der Waals surface area contributed by atoms with Crippen LogP contribution in [0.5, 0.6) is 5.75 Å². The van der Waals surface area contributed by atoms with Crippen molar-refractivity contribution in [1.29, 1.82) is 0 Å². The van der Waals surface area contributed by atoms with E-state index in [0.717, 1.165) is 35.1 Å². The van der Waals surface area contributed by atoms with Crippen molar-refractivity contribution in [1.82, 2.24) is 4.57 Å². The summed E-state index contributed by atoms with van der Waals surface area (Å²) in [6, 6.07) is 13.8. The van der Waals surface area contributed by atoms with Crippen molar-refractivity contribution in [3.05, 3.63) is 64.8 Å². The van der Waals surface area contributed by atoms with Crippen LogP contribution in [0.1, 0.15) is 66.2 Å². The Morgan fingerprint density at radius 2 is 2.07 bits per heavy atom. The molecule has 1 heterocycles. The van der Waals surface area contributed by atoms with Gasteiger partial charge in [0.2, 0.25) is 0 Å². The van der Waals surface area contributed by atoms with Crippen LogP contribution in [0.15, 0.2) is 42.5 Å². The Morgan fingerprint density at radius 1 is 1.23 bits per heavy atom. The zero-order valence-corrected chi connectivity index (χ0v) is 18.0. The molecule has 0 amide bonds. The summed E-state index contributed by atoms with van der Waals surface area (Å²) in [6.45, 7) is 2.91. The number of hydrogen-bond acceptors (Lipinski definition) is 2. The topological polar surface area (TPSA) is 51.5 Å². The Morgan fingerprint density at radius 3 is 2.83 bits per heavy atom. The Labute approximate surface area is 178 Å². The third-order valence-corrected chi connectivity index (χ3v) is 6.50. The number of carboxylic acids is 1. The molecule has 4 heteroatoms. The second-order valence-corrected chi connectivity index (χ2v) is 8.47. The normalized spacial score (nSPS) is 16.3. The highest BCUT2D eigenvalue weighted by Gasteiger charge is 2.26. The second kappa shape index (κ2) is 8.95. The molecule has 30 heavy (non-hydrogen) atoms. The lowest BCUT2D eigenvalue weighted by molar-refractivity contribution is 0.0698. The molecule has 1 aliphatic rings. The molecule has 4 nitrogen and oxygen atoms in total. The molecule has 0 saturated carbocycles. The van der Waals surface area contributed by atoms with Crippen molar-refractivity contribution in [3.63, 3.8) is 0 Å². The first-order chi connectivity index (χ1) is 14.6. The van der Waals surface area contributed by atoms with Gasteiger partial charge in [-0.25, -0.2) is 4.79 Å². The SMILES string of the molecule is CCCCC1CCCc2c(n(Cc3cccc(OC)c3)c3c(C(=O)O)cccc23)C1. The van der Waals surface area contributed by atoms with Crippen LogP contribution in [0, 0.1) is 5.92 Å². The van der Waals surface area contributed by atoms with Crippen LogP contribution in [0.25, 0.3) is 10.9 Å². The summed E-state index contributed by atoms with van der Waals surface area (Å²) in [5, 5.41) is 11.0. The Kier molecular flexibility index (Phi) is 6.12. The number of benzene rings is 2. The van der Waals surface area contributed by atoms with Gasteiger partial charge in [-0.3, -0.25) is 0 Å². The van der Waals surface area contributed by atoms with E-state index in [2.05, 4.69) is 23.6 Å². The van der Waals surface area contributed by atoms with E-state index in [1.807, 2.05) is 24.3 Å². The molecule has 0 aliphatic heterocycles. The van der Waals surface area contributed by atoms with Gasteiger partial charge in [0.15, 0.2) is 0 Å². The van der Waals surface area contributed by atoms with Crippen LogP contribution in [0.2, 0.25) is 0 Å². The van der Waals surface area contributed by atoms with E-state index in [0.29, 0.717) is 18.0 Å². The Balaban J connectivity index is 1.87. The van der Waals surface area contributed by atoms with Gasteiger partial charge in [0, 0.05) is 17.6 Å². The molecule has 158 valence electrons. The van der Waals surface area contributed by atoms with Crippen molar-refractivity contribution in [2.24, 2.45) is 5.92 Å². The van der Waals surface area contributed by atoms with Gasteiger partial charge in [-0.2, -0.15) is 0 Å². The number of fused-ring (bicyclic) bond motifs is 3. The monoisotopic (exact) mass is 405 g/mol. The largest absolute Gasteiger partial charge is 0.497 e. The van der Waals surface area contributed by atoms with Crippen molar-refractivity contribution in [3.8, 4) is 5.75 Å². The molecule has 0 radical (unpaired) electrons. The maximum Gasteiger partial charge on any atom is 0.337 e. The molecule has 1 aromatic heterocycles. The molecule has 4 rings (SSSR count). The number of aromatic nitrogens is 1. The number of aryl methyl sites for hydroxylation is 1. The zero-order chi connectivity index (χ0) is 21.1. The average molecular weight is 406 g/mol. The third-order valence-electron chi connectivity index (χ3n) is 6.50. The first-order valence-corrected chi connectivity index (χ1v) is 11.1. The lowest BCUT2D eigenvalue weighted by Crippen LogP contribution is -2.12.